The Morgan fingerprint density at radius 3 is 2.18 bits per heavy atom. The summed E-state index contributed by atoms with van der Waals surface area (Å²) in [6.45, 7) is 5.36. The molecule has 0 fully saturated rings. The van der Waals surface area contributed by atoms with Gasteiger partial charge in [-0.1, -0.05) is 35.6 Å². The van der Waals surface area contributed by atoms with Crippen LogP contribution in [0.4, 0.5) is 0 Å². The van der Waals surface area contributed by atoms with Crippen LogP contribution >= 0.6 is 11.3 Å². The van der Waals surface area contributed by atoms with Crippen LogP contribution in [0.15, 0.2) is 69.6 Å². The zero-order valence-electron chi connectivity index (χ0n) is 19.7. The van der Waals surface area contributed by atoms with Crippen LogP contribution in [0, 0.1) is 0 Å². The molecule has 8 heteroatoms. The van der Waals surface area contributed by atoms with Crippen molar-refractivity contribution in [2.75, 3.05) is 14.2 Å². The number of carbonyl (C=O) groups excluding carboxylic acids is 1. The van der Waals surface area contributed by atoms with Crippen molar-refractivity contribution in [3.8, 4) is 11.5 Å². The van der Waals surface area contributed by atoms with Crippen LogP contribution in [0.25, 0.3) is 6.08 Å². The number of thiazole rings is 1. The molecular formula is C26H26N2O5S. The van der Waals surface area contributed by atoms with E-state index in [2.05, 4.69) is 4.99 Å². The van der Waals surface area contributed by atoms with E-state index in [1.807, 2.05) is 54.6 Å². The van der Waals surface area contributed by atoms with E-state index in [1.165, 1.54) is 11.3 Å². The third kappa shape index (κ3) is 4.54. The van der Waals surface area contributed by atoms with Crippen molar-refractivity contribution < 1.29 is 19.0 Å². The lowest BCUT2D eigenvalue weighted by Crippen LogP contribution is -2.40. The smallest absolute Gasteiger partial charge is 0.338 e. The van der Waals surface area contributed by atoms with Gasteiger partial charge in [-0.05, 0) is 62.2 Å². The number of fused-ring (bicyclic) bond motifs is 1. The Morgan fingerprint density at radius 1 is 1.03 bits per heavy atom. The van der Waals surface area contributed by atoms with E-state index in [4.69, 9.17) is 14.2 Å². The number of methoxy groups -OCH3 is 2. The molecule has 0 N–H and O–H groups in total. The number of ether oxygens (including phenoxy) is 3. The van der Waals surface area contributed by atoms with E-state index in [-0.39, 0.29) is 11.7 Å². The zero-order chi connectivity index (χ0) is 24.4. The van der Waals surface area contributed by atoms with Crippen LogP contribution in [0.2, 0.25) is 0 Å². The van der Waals surface area contributed by atoms with Gasteiger partial charge in [0.2, 0.25) is 0 Å². The van der Waals surface area contributed by atoms with E-state index in [0.29, 0.717) is 26.4 Å². The van der Waals surface area contributed by atoms with Gasteiger partial charge in [-0.2, -0.15) is 0 Å². The first-order valence-corrected chi connectivity index (χ1v) is 11.7. The molecule has 1 aliphatic heterocycles. The third-order valence-corrected chi connectivity index (χ3v) is 6.41. The maximum absolute atomic E-state index is 13.6. The van der Waals surface area contributed by atoms with Crippen molar-refractivity contribution in [3.05, 3.63) is 90.6 Å². The molecule has 0 bridgehead atoms. The lowest BCUT2D eigenvalue weighted by molar-refractivity contribution is -0.143. The van der Waals surface area contributed by atoms with Gasteiger partial charge in [0.1, 0.15) is 11.5 Å². The molecule has 176 valence electrons. The normalized spacial score (nSPS) is 15.7. The van der Waals surface area contributed by atoms with Gasteiger partial charge in [-0.15, -0.1) is 0 Å². The largest absolute Gasteiger partial charge is 0.497 e. The number of benzene rings is 2. The summed E-state index contributed by atoms with van der Waals surface area (Å²) in [5, 5.41) is 0. The molecule has 1 aromatic heterocycles. The monoisotopic (exact) mass is 478 g/mol. The SMILES string of the molecule is COc1ccc(/C=c2\sc3n(c2=O)[C@@H](c2ccc(OC)cc2)C(C(=O)OC(C)C)=C(C)N=3)cc1. The fraction of sp³-hybridized carbons (Fsp3) is 0.269. The van der Waals surface area contributed by atoms with Crippen LogP contribution in [-0.4, -0.2) is 30.9 Å². The first-order valence-electron chi connectivity index (χ1n) is 10.8. The Labute approximate surface area is 201 Å². The summed E-state index contributed by atoms with van der Waals surface area (Å²) in [6.07, 6.45) is 1.52. The van der Waals surface area contributed by atoms with Crippen LogP contribution in [-0.2, 0) is 9.53 Å². The van der Waals surface area contributed by atoms with Gasteiger partial charge in [-0.3, -0.25) is 9.36 Å². The second-order valence-electron chi connectivity index (χ2n) is 8.08. The number of esters is 1. The van der Waals surface area contributed by atoms with Crippen molar-refractivity contribution in [1.29, 1.82) is 0 Å². The Hall–Kier alpha value is -3.65. The number of allylic oxidation sites excluding steroid dienone is 1. The highest BCUT2D eigenvalue weighted by Crippen LogP contribution is 2.31. The fourth-order valence-electron chi connectivity index (χ4n) is 3.81. The number of carbonyl (C=O) groups is 1. The van der Waals surface area contributed by atoms with Crippen molar-refractivity contribution in [2.45, 2.75) is 32.9 Å². The molecule has 2 aromatic carbocycles. The molecule has 0 amide bonds. The second-order valence-corrected chi connectivity index (χ2v) is 9.09. The molecule has 34 heavy (non-hydrogen) atoms. The Bertz CT molecular complexity index is 1410. The summed E-state index contributed by atoms with van der Waals surface area (Å²) >= 11 is 1.29. The summed E-state index contributed by atoms with van der Waals surface area (Å²) in [5.41, 5.74) is 2.29. The molecule has 4 rings (SSSR count). The first-order chi connectivity index (χ1) is 16.3. The summed E-state index contributed by atoms with van der Waals surface area (Å²) < 4.78 is 18.1. The van der Waals surface area contributed by atoms with Gasteiger partial charge in [0.05, 0.1) is 42.2 Å². The molecule has 3 aromatic rings. The minimum atomic E-state index is -0.661. The van der Waals surface area contributed by atoms with Crippen molar-refractivity contribution in [1.82, 2.24) is 4.57 Å². The van der Waals surface area contributed by atoms with Crippen LogP contribution in [0.1, 0.15) is 37.9 Å². The van der Waals surface area contributed by atoms with Crippen molar-refractivity contribution in [3.63, 3.8) is 0 Å². The van der Waals surface area contributed by atoms with E-state index >= 15 is 0 Å². The minimum absolute atomic E-state index is 0.220. The predicted molar refractivity (Wildman–Crippen MR) is 131 cm³/mol. The molecule has 1 aliphatic rings. The van der Waals surface area contributed by atoms with E-state index in [0.717, 1.165) is 16.9 Å². The highest BCUT2D eigenvalue weighted by molar-refractivity contribution is 7.07. The minimum Gasteiger partial charge on any atom is -0.497 e. The Balaban J connectivity index is 1.90. The van der Waals surface area contributed by atoms with E-state index in [9.17, 15) is 9.59 Å². The van der Waals surface area contributed by atoms with Crippen molar-refractivity contribution >= 4 is 23.4 Å². The molecule has 0 saturated carbocycles. The van der Waals surface area contributed by atoms with Crippen LogP contribution in [0.3, 0.4) is 0 Å². The van der Waals surface area contributed by atoms with Gasteiger partial charge >= 0.3 is 5.97 Å². The molecule has 0 spiro atoms. The van der Waals surface area contributed by atoms with Gasteiger partial charge in [0, 0.05) is 0 Å². The van der Waals surface area contributed by atoms with E-state index in [1.54, 1.807) is 39.6 Å². The maximum Gasteiger partial charge on any atom is 0.338 e. The van der Waals surface area contributed by atoms with Crippen molar-refractivity contribution in [2.24, 2.45) is 4.99 Å². The molecule has 1 atom stereocenters. The quantitative estimate of drug-likeness (QED) is 0.509. The summed E-state index contributed by atoms with van der Waals surface area (Å²) in [4.78, 5) is 31.9. The average molecular weight is 479 g/mol. The summed E-state index contributed by atoms with van der Waals surface area (Å²) in [7, 11) is 3.20. The first kappa shape index (κ1) is 23.5. The molecule has 0 radical (unpaired) electrons. The molecule has 0 unspecified atom stereocenters. The summed E-state index contributed by atoms with van der Waals surface area (Å²) in [5.74, 6) is 0.936. The topological polar surface area (TPSA) is 79.1 Å². The molecule has 7 nitrogen and oxygen atoms in total. The Kier molecular flexibility index (Phi) is 6.70. The Morgan fingerprint density at radius 2 is 1.62 bits per heavy atom. The average Bonchev–Trinajstić information content (AvgIpc) is 3.12. The molecular weight excluding hydrogens is 452 g/mol. The number of rotatable bonds is 6. The number of hydrogen-bond donors (Lipinski definition) is 0. The highest BCUT2D eigenvalue weighted by atomic mass is 32.1. The van der Waals surface area contributed by atoms with Gasteiger partial charge in [0.15, 0.2) is 4.80 Å². The predicted octanol–water partition coefficient (Wildman–Crippen LogP) is 3.20. The zero-order valence-corrected chi connectivity index (χ0v) is 20.5. The highest BCUT2D eigenvalue weighted by Gasteiger charge is 2.33. The molecule has 0 saturated heterocycles. The number of nitrogens with zero attached hydrogens (tertiary/aromatic N) is 2. The third-order valence-electron chi connectivity index (χ3n) is 5.43. The van der Waals surface area contributed by atoms with Gasteiger partial charge < -0.3 is 14.2 Å². The lowest BCUT2D eigenvalue weighted by Gasteiger charge is -2.25. The van der Waals surface area contributed by atoms with Crippen LogP contribution in [0.5, 0.6) is 11.5 Å². The molecule has 0 aliphatic carbocycles. The molecule has 2 heterocycles. The maximum atomic E-state index is 13.6. The lowest BCUT2D eigenvalue weighted by atomic mass is 9.96. The summed E-state index contributed by atoms with van der Waals surface area (Å²) in [6, 6.07) is 14.1. The standard InChI is InChI=1S/C26H26N2O5S/c1-15(2)33-25(30)22-16(3)27-26-28(23(22)18-8-12-20(32-5)13-9-18)24(29)21(34-26)14-17-6-10-19(31-4)11-7-17/h6-15,23H,1-5H3/b21-14-/t23-/m0/s1. The van der Waals surface area contributed by atoms with E-state index < -0.39 is 12.0 Å². The second kappa shape index (κ2) is 9.69. The van der Waals surface area contributed by atoms with Crippen LogP contribution < -0.4 is 24.4 Å². The number of aromatic nitrogens is 1. The van der Waals surface area contributed by atoms with Gasteiger partial charge in [-0.25, -0.2) is 9.79 Å². The van der Waals surface area contributed by atoms with Gasteiger partial charge in [0.25, 0.3) is 5.56 Å². The fourth-order valence-corrected chi connectivity index (χ4v) is 4.86. The number of hydrogen-bond acceptors (Lipinski definition) is 7.